The van der Waals surface area contributed by atoms with Gasteiger partial charge in [-0.1, -0.05) is 35.9 Å². The molecule has 4 rings (SSSR count). The molecule has 1 aliphatic carbocycles. The molecule has 27 heavy (non-hydrogen) atoms. The molecule has 0 fully saturated rings. The average Bonchev–Trinajstić information content (AvgIpc) is 2.92. The highest BCUT2D eigenvalue weighted by Gasteiger charge is 2.17. The monoisotopic (exact) mass is 379 g/mol. The fourth-order valence-electron chi connectivity index (χ4n) is 3.13. The van der Waals surface area contributed by atoms with Gasteiger partial charge < -0.3 is 0 Å². The number of allylic oxidation sites excluding steroid dienone is 6. The van der Waals surface area contributed by atoms with E-state index in [1.807, 2.05) is 30.4 Å². The number of fused-ring (bicyclic) bond motifs is 1. The van der Waals surface area contributed by atoms with Crippen LogP contribution in [0.3, 0.4) is 0 Å². The second-order valence-corrected chi connectivity index (χ2v) is 6.44. The van der Waals surface area contributed by atoms with Crippen molar-refractivity contribution < 1.29 is 8.78 Å². The largest absolute Gasteiger partial charge is 0.291 e. The standard InChI is InChI=1S/C21H12ClF2N3/c22-18-8-17(19(23)9-20(18)24)16-5-3-1-2-4-15(16)13-6-7-21-26-11-14(10-25)27(21)12-13/h1-4,6-9,11-12H,5H2. The lowest BCUT2D eigenvalue weighted by Crippen LogP contribution is -1.97. The molecule has 132 valence electrons. The van der Waals surface area contributed by atoms with Gasteiger partial charge in [-0.15, -0.1) is 0 Å². The summed E-state index contributed by atoms with van der Waals surface area (Å²) in [4.78, 5) is 4.18. The van der Waals surface area contributed by atoms with Crippen molar-refractivity contribution in [2.45, 2.75) is 6.42 Å². The van der Waals surface area contributed by atoms with Gasteiger partial charge in [0.15, 0.2) is 0 Å². The predicted molar refractivity (Wildman–Crippen MR) is 101 cm³/mol. The van der Waals surface area contributed by atoms with Gasteiger partial charge in [0.2, 0.25) is 0 Å². The van der Waals surface area contributed by atoms with Gasteiger partial charge in [0.25, 0.3) is 0 Å². The van der Waals surface area contributed by atoms with E-state index in [1.54, 1.807) is 16.7 Å². The Morgan fingerprint density at radius 2 is 2.00 bits per heavy atom. The van der Waals surface area contributed by atoms with Crippen LogP contribution in [-0.2, 0) is 0 Å². The zero-order valence-corrected chi connectivity index (χ0v) is 14.7. The first-order chi connectivity index (χ1) is 13.1. The summed E-state index contributed by atoms with van der Waals surface area (Å²) in [7, 11) is 0. The van der Waals surface area contributed by atoms with Crippen molar-refractivity contribution in [2.24, 2.45) is 0 Å². The Balaban J connectivity index is 1.97. The Morgan fingerprint density at radius 1 is 1.15 bits per heavy atom. The van der Waals surface area contributed by atoms with E-state index in [-0.39, 0.29) is 10.6 Å². The molecule has 3 aromatic rings. The van der Waals surface area contributed by atoms with E-state index < -0.39 is 11.6 Å². The predicted octanol–water partition coefficient (Wildman–Crippen LogP) is 5.56. The zero-order valence-electron chi connectivity index (χ0n) is 14.0. The fraction of sp³-hybridized carbons (Fsp3) is 0.0476. The summed E-state index contributed by atoms with van der Waals surface area (Å²) >= 11 is 5.89. The van der Waals surface area contributed by atoms with Crippen molar-refractivity contribution in [3.8, 4) is 6.07 Å². The van der Waals surface area contributed by atoms with E-state index in [0.717, 1.165) is 17.2 Å². The first-order valence-electron chi connectivity index (χ1n) is 8.17. The van der Waals surface area contributed by atoms with Gasteiger partial charge in [-0.3, -0.25) is 4.40 Å². The molecule has 0 spiro atoms. The fourth-order valence-corrected chi connectivity index (χ4v) is 3.29. The molecule has 2 heterocycles. The third-order valence-electron chi connectivity index (χ3n) is 4.42. The number of halogens is 3. The number of hydrogen-bond donors (Lipinski definition) is 0. The summed E-state index contributed by atoms with van der Waals surface area (Å²) in [6.07, 6.45) is 11.2. The first-order valence-corrected chi connectivity index (χ1v) is 8.55. The van der Waals surface area contributed by atoms with Gasteiger partial charge in [0.05, 0.1) is 11.2 Å². The highest BCUT2D eigenvalue weighted by molar-refractivity contribution is 6.31. The highest BCUT2D eigenvalue weighted by atomic mass is 35.5. The molecule has 0 unspecified atom stereocenters. The molecule has 0 atom stereocenters. The summed E-state index contributed by atoms with van der Waals surface area (Å²) in [6.45, 7) is 0. The normalized spacial score (nSPS) is 13.9. The van der Waals surface area contributed by atoms with Crippen molar-refractivity contribution in [3.63, 3.8) is 0 Å². The molecular weight excluding hydrogens is 368 g/mol. The van der Waals surface area contributed by atoms with Gasteiger partial charge in [-0.2, -0.15) is 5.26 Å². The van der Waals surface area contributed by atoms with Gasteiger partial charge in [-0.05, 0) is 41.3 Å². The molecule has 1 aliphatic rings. The van der Waals surface area contributed by atoms with Crippen molar-refractivity contribution >= 4 is 28.4 Å². The number of nitrogens with zero attached hydrogens (tertiary/aromatic N) is 3. The number of benzene rings is 1. The van der Waals surface area contributed by atoms with Crippen LogP contribution >= 0.6 is 11.6 Å². The van der Waals surface area contributed by atoms with Crippen LogP contribution in [0.4, 0.5) is 8.78 Å². The summed E-state index contributed by atoms with van der Waals surface area (Å²) in [5, 5.41) is 9.11. The van der Waals surface area contributed by atoms with Gasteiger partial charge in [-0.25, -0.2) is 13.8 Å². The Labute approximate surface area is 159 Å². The highest BCUT2D eigenvalue weighted by Crippen LogP contribution is 2.35. The molecule has 0 saturated carbocycles. The van der Waals surface area contributed by atoms with E-state index in [9.17, 15) is 14.0 Å². The molecule has 0 aliphatic heterocycles. The smallest absolute Gasteiger partial charge is 0.144 e. The number of imidazole rings is 1. The lowest BCUT2D eigenvalue weighted by Gasteiger charge is -2.14. The maximum Gasteiger partial charge on any atom is 0.144 e. The van der Waals surface area contributed by atoms with Crippen LogP contribution in [0.2, 0.25) is 5.02 Å². The number of pyridine rings is 1. The lowest BCUT2D eigenvalue weighted by atomic mass is 9.93. The van der Waals surface area contributed by atoms with E-state index in [2.05, 4.69) is 11.1 Å². The number of rotatable bonds is 2. The molecule has 0 radical (unpaired) electrons. The second kappa shape index (κ2) is 6.82. The third kappa shape index (κ3) is 3.05. The van der Waals surface area contributed by atoms with E-state index in [0.29, 0.717) is 23.3 Å². The van der Waals surface area contributed by atoms with Crippen LogP contribution in [0.5, 0.6) is 0 Å². The SMILES string of the molecule is N#Cc1cnc2ccc(C3=C(c4cc(Cl)c(F)cc4F)CC=CC=C3)cn12. The van der Waals surface area contributed by atoms with Crippen molar-refractivity contribution in [1.29, 1.82) is 5.26 Å². The van der Waals surface area contributed by atoms with Crippen LogP contribution in [0, 0.1) is 23.0 Å². The summed E-state index contributed by atoms with van der Waals surface area (Å²) in [6, 6.07) is 7.85. The molecular formula is C21H12ClF2N3. The summed E-state index contributed by atoms with van der Waals surface area (Å²) in [5.74, 6) is -1.47. The topological polar surface area (TPSA) is 41.1 Å². The maximum atomic E-state index is 14.5. The van der Waals surface area contributed by atoms with Crippen LogP contribution in [0.1, 0.15) is 23.2 Å². The maximum absolute atomic E-state index is 14.5. The minimum atomic E-state index is -0.793. The van der Waals surface area contributed by atoms with Crippen LogP contribution in [0.15, 0.2) is 61.0 Å². The molecule has 0 bridgehead atoms. The van der Waals surface area contributed by atoms with Crippen LogP contribution in [-0.4, -0.2) is 9.38 Å². The lowest BCUT2D eigenvalue weighted by molar-refractivity contribution is 0.581. The summed E-state index contributed by atoms with van der Waals surface area (Å²) < 4.78 is 29.8. The Hall–Kier alpha value is -3.23. The first kappa shape index (κ1) is 17.2. The van der Waals surface area contributed by atoms with Crippen molar-refractivity contribution in [1.82, 2.24) is 9.38 Å². The van der Waals surface area contributed by atoms with E-state index >= 15 is 0 Å². The van der Waals surface area contributed by atoms with Crippen molar-refractivity contribution in [3.05, 3.63) is 94.4 Å². The number of nitriles is 1. The molecule has 0 amide bonds. The molecule has 1 aromatic carbocycles. The van der Waals surface area contributed by atoms with Crippen LogP contribution < -0.4 is 0 Å². The molecule has 0 saturated heterocycles. The van der Waals surface area contributed by atoms with Gasteiger partial charge in [0, 0.05) is 17.8 Å². The Morgan fingerprint density at radius 3 is 2.81 bits per heavy atom. The van der Waals surface area contributed by atoms with Crippen molar-refractivity contribution in [2.75, 3.05) is 0 Å². The van der Waals surface area contributed by atoms with Gasteiger partial charge in [0.1, 0.15) is 29.0 Å². The van der Waals surface area contributed by atoms with E-state index in [1.165, 1.54) is 12.3 Å². The molecule has 0 N–H and O–H groups in total. The quantitative estimate of drug-likeness (QED) is 0.546. The van der Waals surface area contributed by atoms with Gasteiger partial charge >= 0.3 is 0 Å². The zero-order chi connectivity index (χ0) is 19.0. The molecule has 2 aromatic heterocycles. The minimum absolute atomic E-state index is 0.132. The van der Waals surface area contributed by atoms with Crippen LogP contribution in [0.25, 0.3) is 16.8 Å². The Bertz CT molecular complexity index is 1200. The second-order valence-electron chi connectivity index (χ2n) is 6.03. The van der Waals surface area contributed by atoms with E-state index in [4.69, 9.17) is 11.6 Å². The third-order valence-corrected chi connectivity index (χ3v) is 4.71. The average molecular weight is 380 g/mol. The molecule has 6 heteroatoms. The summed E-state index contributed by atoms with van der Waals surface area (Å²) in [5.41, 5.74) is 3.52. The number of hydrogen-bond acceptors (Lipinski definition) is 2. The number of aromatic nitrogens is 2. The Kier molecular flexibility index (Phi) is 4.35. The molecule has 3 nitrogen and oxygen atoms in total. The minimum Gasteiger partial charge on any atom is -0.291 e.